The Morgan fingerprint density at radius 2 is 2.11 bits per heavy atom. The van der Waals surface area contributed by atoms with Gasteiger partial charge in [0.1, 0.15) is 11.6 Å². The van der Waals surface area contributed by atoms with Crippen molar-refractivity contribution in [2.75, 3.05) is 26.3 Å². The van der Waals surface area contributed by atoms with Crippen LogP contribution in [0.1, 0.15) is 52.4 Å². The molecule has 3 heterocycles. The van der Waals surface area contributed by atoms with Crippen LogP contribution in [-0.2, 0) is 23.9 Å². The summed E-state index contributed by atoms with van der Waals surface area (Å²) in [4.78, 5) is 40.6. The molecule has 2 unspecified atom stereocenters. The highest BCUT2D eigenvalue weighted by atomic mass is 16.6. The van der Waals surface area contributed by atoms with Gasteiger partial charge in [-0.3, -0.25) is 14.4 Å². The Kier molecular flexibility index (Phi) is 6.60. The smallest absolute Gasteiger partial charge is 0.312 e. The van der Waals surface area contributed by atoms with Crippen LogP contribution < -0.4 is 5.32 Å². The number of aliphatic hydroxyl groups excluding tert-OH is 1. The highest BCUT2D eigenvalue weighted by molar-refractivity contribution is 5.98. The predicted molar refractivity (Wildman–Crippen MR) is 100 cm³/mol. The van der Waals surface area contributed by atoms with Crippen molar-refractivity contribution in [2.24, 2.45) is 11.8 Å². The van der Waals surface area contributed by atoms with Gasteiger partial charge in [-0.1, -0.05) is 13.3 Å². The molecule has 0 aromatic rings. The Morgan fingerprint density at radius 3 is 2.79 bits per heavy atom. The van der Waals surface area contributed by atoms with E-state index in [1.54, 1.807) is 11.8 Å². The molecule has 28 heavy (non-hydrogen) atoms. The molecule has 3 aliphatic rings. The van der Waals surface area contributed by atoms with Crippen LogP contribution in [0.15, 0.2) is 0 Å². The lowest BCUT2D eigenvalue weighted by Gasteiger charge is -2.33. The van der Waals surface area contributed by atoms with E-state index in [4.69, 9.17) is 14.6 Å². The minimum atomic E-state index is -0.950. The SMILES string of the molecule is CCCCNC(=O)C1N(CCCCO)C(=O)[C@@H]2[C@H](C(=O)OCC)[C@@H]3CCC12O3. The first-order valence-electron chi connectivity index (χ1n) is 10.5. The number of hydrogen-bond acceptors (Lipinski definition) is 6. The van der Waals surface area contributed by atoms with E-state index in [0.29, 0.717) is 38.8 Å². The van der Waals surface area contributed by atoms with Crippen LogP contribution in [0.4, 0.5) is 0 Å². The summed E-state index contributed by atoms with van der Waals surface area (Å²) >= 11 is 0. The summed E-state index contributed by atoms with van der Waals surface area (Å²) in [5, 5.41) is 12.0. The molecule has 3 rings (SSSR count). The van der Waals surface area contributed by atoms with Gasteiger partial charge in [-0.25, -0.2) is 0 Å². The number of nitrogens with one attached hydrogen (secondary N) is 1. The molecule has 3 saturated heterocycles. The molecular weight excluding hydrogens is 364 g/mol. The van der Waals surface area contributed by atoms with E-state index in [9.17, 15) is 14.4 Å². The third-order valence-corrected chi connectivity index (χ3v) is 6.24. The van der Waals surface area contributed by atoms with E-state index < -0.39 is 29.4 Å². The topological polar surface area (TPSA) is 105 Å². The third-order valence-electron chi connectivity index (χ3n) is 6.24. The van der Waals surface area contributed by atoms with Crippen LogP contribution in [-0.4, -0.2) is 71.8 Å². The Morgan fingerprint density at radius 1 is 1.32 bits per heavy atom. The highest BCUT2D eigenvalue weighted by Crippen LogP contribution is 2.58. The first kappa shape index (κ1) is 21.0. The minimum Gasteiger partial charge on any atom is -0.466 e. The van der Waals surface area contributed by atoms with Crippen LogP contribution >= 0.6 is 0 Å². The van der Waals surface area contributed by atoms with E-state index in [1.165, 1.54) is 0 Å². The van der Waals surface area contributed by atoms with Gasteiger partial charge in [0.2, 0.25) is 11.8 Å². The maximum absolute atomic E-state index is 13.3. The fourth-order valence-electron chi connectivity index (χ4n) is 5.08. The van der Waals surface area contributed by atoms with E-state index >= 15 is 0 Å². The molecule has 0 aliphatic carbocycles. The molecule has 158 valence electrons. The maximum atomic E-state index is 13.3. The molecule has 3 aliphatic heterocycles. The van der Waals surface area contributed by atoms with Crippen LogP contribution in [0.3, 0.4) is 0 Å². The summed E-state index contributed by atoms with van der Waals surface area (Å²) in [6, 6.07) is -0.732. The zero-order chi connectivity index (χ0) is 20.3. The van der Waals surface area contributed by atoms with Crippen molar-refractivity contribution in [3.05, 3.63) is 0 Å². The fraction of sp³-hybridized carbons (Fsp3) is 0.850. The molecule has 8 nitrogen and oxygen atoms in total. The standard InChI is InChI=1S/C20H32N2O6/c1-3-5-10-21-17(24)16-20-9-8-13(28-20)14(19(26)27-4-2)15(20)18(25)22(16)11-6-7-12-23/h13-16,23H,3-12H2,1-2H3,(H,21,24)/t13-,14+,15-,16?,20?/m0/s1. The number of nitrogens with zero attached hydrogens (tertiary/aromatic N) is 1. The summed E-state index contributed by atoms with van der Waals surface area (Å²) in [5.41, 5.74) is -0.950. The van der Waals surface area contributed by atoms with Crippen molar-refractivity contribution in [2.45, 2.75) is 70.1 Å². The monoisotopic (exact) mass is 396 g/mol. The molecule has 2 bridgehead atoms. The van der Waals surface area contributed by atoms with Gasteiger partial charge in [-0.2, -0.15) is 0 Å². The third kappa shape index (κ3) is 3.41. The number of carbonyl (C=O) groups is 3. The molecule has 3 fully saturated rings. The van der Waals surface area contributed by atoms with E-state index in [-0.39, 0.29) is 31.1 Å². The van der Waals surface area contributed by atoms with E-state index in [0.717, 1.165) is 12.8 Å². The van der Waals surface area contributed by atoms with E-state index in [1.807, 2.05) is 6.92 Å². The summed E-state index contributed by atoms with van der Waals surface area (Å²) in [7, 11) is 0. The summed E-state index contributed by atoms with van der Waals surface area (Å²) < 4.78 is 11.5. The van der Waals surface area contributed by atoms with Gasteiger partial charge in [0.25, 0.3) is 0 Å². The largest absolute Gasteiger partial charge is 0.466 e. The van der Waals surface area contributed by atoms with Crippen LogP contribution in [0.5, 0.6) is 0 Å². The van der Waals surface area contributed by atoms with Crippen LogP contribution in [0, 0.1) is 11.8 Å². The number of amides is 2. The summed E-state index contributed by atoms with van der Waals surface area (Å²) in [6.07, 6.45) is 3.85. The number of hydrogen-bond donors (Lipinski definition) is 2. The minimum absolute atomic E-state index is 0.0357. The van der Waals surface area contributed by atoms with Gasteiger partial charge in [0, 0.05) is 19.7 Å². The van der Waals surface area contributed by atoms with Gasteiger partial charge >= 0.3 is 5.97 Å². The average Bonchev–Trinajstić information content (AvgIpc) is 3.30. The van der Waals surface area contributed by atoms with Gasteiger partial charge in [-0.05, 0) is 39.0 Å². The zero-order valence-corrected chi connectivity index (χ0v) is 16.8. The van der Waals surface area contributed by atoms with Crippen molar-refractivity contribution < 1.29 is 29.0 Å². The number of carbonyl (C=O) groups excluding carboxylic acids is 3. The normalized spacial score (nSPS) is 33.2. The molecule has 0 aromatic carbocycles. The van der Waals surface area contributed by atoms with Crippen molar-refractivity contribution in [3.8, 4) is 0 Å². The number of ether oxygens (including phenoxy) is 2. The molecule has 1 spiro atoms. The van der Waals surface area contributed by atoms with Crippen molar-refractivity contribution in [1.29, 1.82) is 0 Å². The Balaban J connectivity index is 1.88. The second-order valence-corrected chi connectivity index (χ2v) is 7.91. The summed E-state index contributed by atoms with van der Waals surface area (Å²) in [5.74, 6) is -2.13. The predicted octanol–water partition coefficient (Wildman–Crippen LogP) is 0.613. The Hall–Kier alpha value is -1.67. The number of aliphatic hydroxyl groups is 1. The molecule has 0 saturated carbocycles. The molecule has 2 amide bonds. The first-order chi connectivity index (χ1) is 13.5. The van der Waals surface area contributed by atoms with Crippen LogP contribution in [0.2, 0.25) is 0 Å². The number of likely N-dealkylation sites (tertiary alicyclic amines) is 1. The average molecular weight is 396 g/mol. The number of fused-ring (bicyclic) bond motifs is 1. The molecular formula is C20H32N2O6. The lowest BCUT2D eigenvalue weighted by molar-refractivity contribution is -0.154. The zero-order valence-electron chi connectivity index (χ0n) is 16.8. The summed E-state index contributed by atoms with van der Waals surface area (Å²) in [6.45, 7) is 4.99. The lowest BCUT2D eigenvalue weighted by Crippen LogP contribution is -2.55. The number of unbranched alkanes of at least 4 members (excludes halogenated alkanes) is 2. The van der Waals surface area contributed by atoms with Crippen LogP contribution in [0.25, 0.3) is 0 Å². The second-order valence-electron chi connectivity index (χ2n) is 7.91. The van der Waals surface area contributed by atoms with Gasteiger partial charge in [0.05, 0.1) is 24.5 Å². The number of rotatable bonds is 10. The Labute approximate surface area is 165 Å². The maximum Gasteiger partial charge on any atom is 0.312 e. The molecule has 0 aromatic heterocycles. The van der Waals surface area contributed by atoms with Crippen molar-refractivity contribution >= 4 is 17.8 Å². The second kappa shape index (κ2) is 8.78. The van der Waals surface area contributed by atoms with Gasteiger partial charge in [0.15, 0.2) is 0 Å². The molecule has 8 heteroatoms. The molecule has 2 N–H and O–H groups in total. The van der Waals surface area contributed by atoms with Crippen molar-refractivity contribution in [1.82, 2.24) is 10.2 Å². The highest BCUT2D eigenvalue weighted by Gasteiger charge is 2.74. The quantitative estimate of drug-likeness (QED) is 0.414. The van der Waals surface area contributed by atoms with Crippen molar-refractivity contribution in [3.63, 3.8) is 0 Å². The molecule has 0 radical (unpaired) electrons. The first-order valence-corrected chi connectivity index (χ1v) is 10.5. The molecule has 5 atom stereocenters. The van der Waals surface area contributed by atoms with E-state index in [2.05, 4.69) is 5.32 Å². The van der Waals surface area contributed by atoms with Gasteiger partial charge < -0.3 is 24.8 Å². The fourth-order valence-corrected chi connectivity index (χ4v) is 5.08. The lowest BCUT2D eigenvalue weighted by atomic mass is 9.71. The number of esters is 1. The van der Waals surface area contributed by atoms with Gasteiger partial charge in [-0.15, -0.1) is 0 Å². The Bertz CT molecular complexity index is 612.